The van der Waals surface area contributed by atoms with E-state index in [4.69, 9.17) is 5.73 Å². The Morgan fingerprint density at radius 1 is 1.08 bits per heavy atom. The van der Waals surface area contributed by atoms with Crippen molar-refractivity contribution < 1.29 is 0 Å². The molecule has 26 heavy (non-hydrogen) atoms. The maximum atomic E-state index is 6.04. The van der Waals surface area contributed by atoms with Gasteiger partial charge in [-0.25, -0.2) is 4.99 Å². The molecule has 1 heterocycles. The van der Waals surface area contributed by atoms with Gasteiger partial charge in [0.25, 0.3) is 0 Å². The predicted molar refractivity (Wildman–Crippen MR) is 121 cm³/mol. The third kappa shape index (κ3) is 5.99. The van der Waals surface area contributed by atoms with Gasteiger partial charge in [-0.05, 0) is 49.6 Å². The standard InChI is InChI=1S/C21H28N4.HI/c1-17-9-7-8-14-25(17)16-19-11-6-5-10-18(19)15-23-21(22)24-20-12-3-2-4-13-20;/h2-6,10-13,17H,7-9,14-16H2,1H3,(H3,22,23,24);1H. The number of guanidine groups is 1. The lowest BCUT2D eigenvalue weighted by atomic mass is 10.0. The van der Waals surface area contributed by atoms with Gasteiger partial charge in [-0.15, -0.1) is 24.0 Å². The minimum atomic E-state index is 0. The van der Waals surface area contributed by atoms with E-state index in [1.54, 1.807) is 0 Å². The van der Waals surface area contributed by atoms with Crippen LogP contribution in [0.15, 0.2) is 59.6 Å². The van der Waals surface area contributed by atoms with Crippen molar-refractivity contribution >= 4 is 35.6 Å². The molecule has 2 aromatic carbocycles. The van der Waals surface area contributed by atoms with Gasteiger partial charge in [0.2, 0.25) is 0 Å². The van der Waals surface area contributed by atoms with Crippen molar-refractivity contribution in [2.45, 2.75) is 45.3 Å². The Morgan fingerprint density at radius 3 is 2.50 bits per heavy atom. The largest absolute Gasteiger partial charge is 0.370 e. The third-order valence-electron chi connectivity index (χ3n) is 4.90. The molecule has 1 atom stereocenters. The molecule has 140 valence electrons. The number of likely N-dealkylation sites (tertiary alicyclic amines) is 1. The highest BCUT2D eigenvalue weighted by Gasteiger charge is 2.18. The molecule has 3 rings (SSSR count). The average Bonchev–Trinajstić information content (AvgIpc) is 2.64. The van der Waals surface area contributed by atoms with Crippen LogP contribution in [0.2, 0.25) is 0 Å². The van der Waals surface area contributed by atoms with E-state index in [1.165, 1.54) is 36.9 Å². The topological polar surface area (TPSA) is 53.6 Å². The van der Waals surface area contributed by atoms with Crippen LogP contribution >= 0.6 is 24.0 Å². The van der Waals surface area contributed by atoms with Gasteiger partial charge in [0, 0.05) is 18.3 Å². The molecule has 5 heteroatoms. The monoisotopic (exact) mass is 464 g/mol. The SMILES string of the molecule is CC1CCCCN1Cc1ccccc1CN=C(N)Nc1ccccc1.I. The number of benzene rings is 2. The van der Waals surface area contributed by atoms with Gasteiger partial charge in [-0.3, -0.25) is 4.90 Å². The normalized spacial score (nSPS) is 18.2. The Kier molecular flexibility index (Phi) is 8.38. The van der Waals surface area contributed by atoms with Crippen LogP contribution in [0.3, 0.4) is 0 Å². The molecule has 0 aliphatic carbocycles. The molecule has 1 fully saturated rings. The Bertz CT molecular complexity index is 702. The molecule has 1 saturated heterocycles. The lowest BCUT2D eigenvalue weighted by molar-refractivity contribution is 0.152. The van der Waals surface area contributed by atoms with E-state index in [9.17, 15) is 0 Å². The van der Waals surface area contributed by atoms with Crippen LogP contribution in [0.5, 0.6) is 0 Å². The molecule has 1 unspecified atom stereocenters. The van der Waals surface area contributed by atoms with Crippen molar-refractivity contribution in [1.82, 2.24) is 4.90 Å². The first-order valence-corrected chi connectivity index (χ1v) is 9.15. The van der Waals surface area contributed by atoms with Crippen LogP contribution in [0.25, 0.3) is 0 Å². The number of aliphatic imine (C=N–C) groups is 1. The molecule has 0 bridgehead atoms. The summed E-state index contributed by atoms with van der Waals surface area (Å²) in [6.07, 6.45) is 3.96. The second-order valence-electron chi connectivity index (χ2n) is 6.78. The first-order chi connectivity index (χ1) is 12.2. The molecule has 0 saturated carbocycles. The molecule has 4 nitrogen and oxygen atoms in total. The number of halogens is 1. The van der Waals surface area contributed by atoms with Crippen molar-refractivity contribution in [2.75, 3.05) is 11.9 Å². The summed E-state index contributed by atoms with van der Waals surface area (Å²) in [6, 6.07) is 19.1. The highest BCUT2D eigenvalue weighted by atomic mass is 127. The summed E-state index contributed by atoms with van der Waals surface area (Å²) < 4.78 is 0. The van der Waals surface area contributed by atoms with E-state index in [0.717, 1.165) is 12.2 Å². The number of para-hydroxylation sites is 1. The lowest BCUT2D eigenvalue weighted by Crippen LogP contribution is -2.37. The number of piperidine rings is 1. The van der Waals surface area contributed by atoms with Crippen molar-refractivity contribution in [1.29, 1.82) is 0 Å². The number of nitrogens with two attached hydrogens (primary N) is 1. The number of anilines is 1. The maximum absolute atomic E-state index is 6.04. The van der Waals surface area contributed by atoms with Gasteiger partial charge < -0.3 is 11.1 Å². The van der Waals surface area contributed by atoms with Gasteiger partial charge >= 0.3 is 0 Å². The van der Waals surface area contributed by atoms with Gasteiger partial charge in [0.05, 0.1) is 6.54 Å². The van der Waals surface area contributed by atoms with E-state index >= 15 is 0 Å². The summed E-state index contributed by atoms with van der Waals surface area (Å²) >= 11 is 0. The first-order valence-electron chi connectivity index (χ1n) is 9.15. The van der Waals surface area contributed by atoms with Crippen LogP contribution in [0.1, 0.15) is 37.3 Å². The Hall–Kier alpha value is -1.60. The maximum Gasteiger partial charge on any atom is 0.193 e. The van der Waals surface area contributed by atoms with E-state index in [0.29, 0.717) is 18.5 Å². The van der Waals surface area contributed by atoms with Crippen molar-refractivity contribution in [3.8, 4) is 0 Å². The van der Waals surface area contributed by atoms with Crippen molar-refractivity contribution in [3.05, 3.63) is 65.7 Å². The smallest absolute Gasteiger partial charge is 0.193 e. The summed E-state index contributed by atoms with van der Waals surface area (Å²) in [5.41, 5.74) is 9.60. The van der Waals surface area contributed by atoms with Crippen molar-refractivity contribution in [3.63, 3.8) is 0 Å². The van der Waals surface area contributed by atoms with Crippen LogP contribution in [-0.4, -0.2) is 23.4 Å². The quantitative estimate of drug-likeness (QED) is 0.386. The second-order valence-corrected chi connectivity index (χ2v) is 6.78. The Morgan fingerprint density at radius 2 is 1.77 bits per heavy atom. The fraction of sp³-hybridized carbons (Fsp3) is 0.381. The highest BCUT2D eigenvalue weighted by molar-refractivity contribution is 14.0. The van der Waals surface area contributed by atoms with Crippen LogP contribution in [-0.2, 0) is 13.1 Å². The zero-order chi connectivity index (χ0) is 17.5. The van der Waals surface area contributed by atoms with E-state index in [1.807, 2.05) is 30.3 Å². The van der Waals surface area contributed by atoms with Crippen LogP contribution < -0.4 is 11.1 Å². The number of rotatable bonds is 5. The van der Waals surface area contributed by atoms with Gasteiger partial charge in [-0.1, -0.05) is 48.9 Å². The van der Waals surface area contributed by atoms with Gasteiger partial charge in [0.15, 0.2) is 5.96 Å². The fourth-order valence-corrected chi connectivity index (χ4v) is 3.36. The number of nitrogens with zero attached hydrogens (tertiary/aromatic N) is 2. The lowest BCUT2D eigenvalue weighted by Gasteiger charge is -2.33. The summed E-state index contributed by atoms with van der Waals surface area (Å²) in [6.45, 7) is 5.13. The number of nitrogens with one attached hydrogen (secondary N) is 1. The summed E-state index contributed by atoms with van der Waals surface area (Å²) in [4.78, 5) is 7.11. The van der Waals surface area contributed by atoms with E-state index < -0.39 is 0 Å². The summed E-state index contributed by atoms with van der Waals surface area (Å²) in [7, 11) is 0. The second kappa shape index (κ2) is 10.5. The minimum absolute atomic E-state index is 0. The zero-order valence-corrected chi connectivity index (χ0v) is 17.7. The van der Waals surface area contributed by atoms with Crippen molar-refractivity contribution in [2.24, 2.45) is 10.7 Å². The molecular formula is C21H29IN4. The number of hydrogen-bond acceptors (Lipinski definition) is 2. The van der Waals surface area contributed by atoms with Crippen LogP contribution in [0, 0.1) is 0 Å². The zero-order valence-electron chi connectivity index (χ0n) is 15.4. The summed E-state index contributed by atoms with van der Waals surface area (Å²) in [5.74, 6) is 0.451. The van der Waals surface area contributed by atoms with E-state index in [-0.39, 0.29) is 24.0 Å². The first kappa shape index (κ1) is 20.7. The number of hydrogen-bond donors (Lipinski definition) is 2. The molecule has 0 spiro atoms. The van der Waals surface area contributed by atoms with Crippen LogP contribution in [0.4, 0.5) is 5.69 Å². The average molecular weight is 464 g/mol. The molecule has 3 N–H and O–H groups in total. The Balaban J connectivity index is 0.00000243. The Labute approximate surface area is 173 Å². The molecule has 2 aromatic rings. The molecule has 0 radical (unpaired) electrons. The predicted octanol–water partition coefficient (Wildman–Crippen LogP) is 4.61. The van der Waals surface area contributed by atoms with Gasteiger partial charge in [0.1, 0.15) is 0 Å². The minimum Gasteiger partial charge on any atom is -0.370 e. The van der Waals surface area contributed by atoms with Gasteiger partial charge in [-0.2, -0.15) is 0 Å². The molecule has 1 aliphatic rings. The molecule has 0 aromatic heterocycles. The molecular weight excluding hydrogens is 435 g/mol. The third-order valence-corrected chi connectivity index (χ3v) is 4.90. The fourth-order valence-electron chi connectivity index (χ4n) is 3.36. The highest BCUT2D eigenvalue weighted by Crippen LogP contribution is 2.21. The summed E-state index contributed by atoms with van der Waals surface area (Å²) in [5, 5.41) is 3.14. The van der Waals surface area contributed by atoms with E-state index in [2.05, 4.69) is 46.4 Å². The molecule has 1 aliphatic heterocycles. The molecule has 0 amide bonds.